The Kier molecular flexibility index (Phi) is 5.13. The van der Waals surface area contributed by atoms with Crippen molar-refractivity contribution in [3.8, 4) is 0 Å². The normalized spacial score (nSPS) is 10.7. The Morgan fingerprint density at radius 3 is 2.55 bits per heavy atom. The van der Waals surface area contributed by atoms with Crippen LogP contribution in [-0.4, -0.2) is 17.0 Å². The Balaban J connectivity index is 2.39. The van der Waals surface area contributed by atoms with Crippen LogP contribution in [0.25, 0.3) is 0 Å². The quantitative estimate of drug-likeness (QED) is 0.815. The largest absolute Gasteiger partial charge is 0.373 e. The van der Waals surface area contributed by atoms with Gasteiger partial charge in [-0.25, -0.2) is 9.97 Å². The second kappa shape index (κ2) is 6.66. The summed E-state index contributed by atoms with van der Waals surface area (Å²) in [5.74, 6) is 1.68. The Morgan fingerprint density at radius 1 is 1.20 bits per heavy atom. The van der Waals surface area contributed by atoms with Gasteiger partial charge in [-0.2, -0.15) is 0 Å². The molecule has 1 N–H and O–H groups in total. The number of hydrogen-bond acceptors (Lipinski definition) is 4. The van der Waals surface area contributed by atoms with Crippen molar-refractivity contribution in [2.45, 2.75) is 30.2 Å². The highest BCUT2D eigenvalue weighted by atomic mass is 35.5. The molecule has 2 aromatic rings. The summed E-state index contributed by atoms with van der Waals surface area (Å²) in [6.45, 7) is 4.04. The van der Waals surface area contributed by atoms with Crippen LogP contribution in [0.1, 0.15) is 18.3 Å². The van der Waals surface area contributed by atoms with Crippen molar-refractivity contribution < 1.29 is 0 Å². The maximum absolute atomic E-state index is 6.05. The Morgan fingerprint density at radius 2 is 1.95 bits per heavy atom. The van der Waals surface area contributed by atoms with Crippen LogP contribution in [0.15, 0.2) is 28.1 Å². The number of nitrogens with one attached hydrogen (secondary N) is 1. The SMILES string of the molecule is CCc1nc(NC)c(C)c(Sc2ccc(Cl)c(Cl)c2)n1. The van der Waals surface area contributed by atoms with Crippen LogP contribution in [0.5, 0.6) is 0 Å². The van der Waals surface area contributed by atoms with E-state index in [0.717, 1.165) is 33.5 Å². The van der Waals surface area contributed by atoms with Crippen LogP contribution in [-0.2, 0) is 6.42 Å². The van der Waals surface area contributed by atoms with Crippen molar-refractivity contribution in [1.29, 1.82) is 0 Å². The molecule has 0 saturated carbocycles. The van der Waals surface area contributed by atoms with Crippen LogP contribution in [0, 0.1) is 6.92 Å². The highest BCUT2D eigenvalue weighted by Gasteiger charge is 2.11. The highest BCUT2D eigenvalue weighted by molar-refractivity contribution is 7.99. The minimum absolute atomic E-state index is 0.549. The lowest BCUT2D eigenvalue weighted by molar-refractivity contribution is 0.874. The first kappa shape index (κ1) is 15.4. The van der Waals surface area contributed by atoms with E-state index < -0.39 is 0 Å². The van der Waals surface area contributed by atoms with Crippen LogP contribution in [0.4, 0.5) is 5.82 Å². The number of aromatic nitrogens is 2. The molecule has 0 unspecified atom stereocenters. The Bertz CT molecular complexity index is 632. The second-order valence-electron chi connectivity index (χ2n) is 4.20. The molecule has 0 radical (unpaired) electrons. The number of hydrogen-bond donors (Lipinski definition) is 1. The van der Waals surface area contributed by atoms with Crippen LogP contribution >= 0.6 is 35.0 Å². The fourth-order valence-corrected chi connectivity index (χ4v) is 2.99. The van der Waals surface area contributed by atoms with Gasteiger partial charge in [-0.1, -0.05) is 41.9 Å². The standard InChI is InChI=1S/C14H15Cl2N3S/c1-4-12-18-13(17-3)8(2)14(19-12)20-9-5-6-10(15)11(16)7-9/h5-7H,4H2,1-3H3,(H,17,18,19). The van der Waals surface area contributed by atoms with Gasteiger partial charge in [0.2, 0.25) is 0 Å². The van der Waals surface area contributed by atoms with E-state index in [2.05, 4.69) is 15.3 Å². The van der Waals surface area contributed by atoms with Crippen molar-refractivity contribution in [2.75, 3.05) is 12.4 Å². The first-order valence-electron chi connectivity index (χ1n) is 6.23. The lowest BCUT2D eigenvalue weighted by atomic mass is 10.3. The number of nitrogens with zero attached hydrogens (tertiary/aromatic N) is 2. The average molecular weight is 328 g/mol. The molecule has 6 heteroatoms. The van der Waals surface area contributed by atoms with Gasteiger partial charge in [0.15, 0.2) is 0 Å². The third-order valence-electron chi connectivity index (χ3n) is 2.81. The molecule has 0 saturated heterocycles. The van der Waals surface area contributed by atoms with Gasteiger partial charge in [0, 0.05) is 23.9 Å². The van der Waals surface area contributed by atoms with Gasteiger partial charge in [0.25, 0.3) is 0 Å². The third-order valence-corrected chi connectivity index (χ3v) is 4.63. The molecular formula is C14H15Cl2N3S. The molecule has 0 aliphatic rings. The summed E-state index contributed by atoms with van der Waals surface area (Å²) in [6, 6.07) is 5.58. The van der Waals surface area contributed by atoms with Gasteiger partial charge >= 0.3 is 0 Å². The fourth-order valence-electron chi connectivity index (χ4n) is 1.69. The maximum Gasteiger partial charge on any atom is 0.133 e. The number of benzene rings is 1. The Hall–Kier alpha value is -0.970. The number of anilines is 1. The molecule has 0 amide bonds. The van der Waals surface area contributed by atoms with E-state index in [1.165, 1.54) is 0 Å². The van der Waals surface area contributed by atoms with Crippen LogP contribution < -0.4 is 5.32 Å². The molecule has 1 heterocycles. The molecule has 0 atom stereocenters. The molecule has 0 aliphatic carbocycles. The van der Waals surface area contributed by atoms with Crippen molar-refractivity contribution in [2.24, 2.45) is 0 Å². The maximum atomic E-state index is 6.05. The molecule has 1 aromatic heterocycles. The monoisotopic (exact) mass is 327 g/mol. The predicted molar refractivity (Wildman–Crippen MR) is 86.3 cm³/mol. The molecule has 0 aliphatic heterocycles. The summed E-state index contributed by atoms with van der Waals surface area (Å²) in [4.78, 5) is 10.0. The molecular weight excluding hydrogens is 313 g/mol. The molecule has 0 bridgehead atoms. The topological polar surface area (TPSA) is 37.8 Å². The van der Waals surface area contributed by atoms with Crippen molar-refractivity contribution in [1.82, 2.24) is 9.97 Å². The van der Waals surface area contributed by atoms with Crippen molar-refractivity contribution >= 4 is 40.8 Å². The van der Waals surface area contributed by atoms with Gasteiger partial charge < -0.3 is 5.32 Å². The number of rotatable bonds is 4. The minimum Gasteiger partial charge on any atom is -0.373 e. The summed E-state index contributed by atoms with van der Waals surface area (Å²) in [5, 5.41) is 5.14. The smallest absolute Gasteiger partial charge is 0.133 e. The number of aryl methyl sites for hydroxylation is 1. The lowest BCUT2D eigenvalue weighted by Gasteiger charge is -2.11. The Labute approximate surface area is 133 Å². The van der Waals surface area contributed by atoms with Gasteiger partial charge in [-0.15, -0.1) is 0 Å². The van der Waals surface area contributed by atoms with Gasteiger partial charge in [-0.05, 0) is 25.1 Å². The van der Waals surface area contributed by atoms with Crippen molar-refractivity contribution in [3.05, 3.63) is 39.6 Å². The fraction of sp³-hybridized carbons (Fsp3) is 0.286. The van der Waals surface area contributed by atoms with E-state index in [-0.39, 0.29) is 0 Å². The van der Waals surface area contributed by atoms with E-state index in [1.54, 1.807) is 17.8 Å². The summed E-state index contributed by atoms with van der Waals surface area (Å²) >= 11 is 13.5. The minimum atomic E-state index is 0.549. The first-order valence-corrected chi connectivity index (χ1v) is 7.80. The molecule has 0 fully saturated rings. The summed E-state index contributed by atoms with van der Waals surface area (Å²) in [7, 11) is 1.86. The van der Waals surface area contributed by atoms with Crippen molar-refractivity contribution in [3.63, 3.8) is 0 Å². The van der Waals surface area contributed by atoms with Gasteiger partial charge in [0.1, 0.15) is 16.7 Å². The van der Waals surface area contributed by atoms with E-state index in [4.69, 9.17) is 23.2 Å². The summed E-state index contributed by atoms with van der Waals surface area (Å²) in [6.07, 6.45) is 0.796. The lowest BCUT2D eigenvalue weighted by Crippen LogP contribution is -2.04. The van der Waals surface area contributed by atoms with E-state index in [1.807, 2.05) is 33.0 Å². The zero-order valence-electron chi connectivity index (χ0n) is 11.5. The summed E-state index contributed by atoms with van der Waals surface area (Å²) in [5.41, 5.74) is 1.03. The zero-order chi connectivity index (χ0) is 14.7. The summed E-state index contributed by atoms with van der Waals surface area (Å²) < 4.78 is 0. The second-order valence-corrected chi connectivity index (χ2v) is 6.08. The molecule has 0 spiro atoms. The molecule has 2 rings (SSSR count). The highest BCUT2D eigenvalue weighted by Crippen LogP contribution is 2.34. The van der Waals surface area contributed by atoms with Gasteiger partial charge in [-0.3, -0.25) is 0 Å². The van der Waals surface area contributed by atoms with Crippen LogP contribution in [0.2, 0.25) is 10.0 Å². The van der Waals surface area contributed by atoms with Crippen LogP contribution in [0.3, 0.4) is 0 Å². The molecule has 3 nitrogen and oxygen atoms in total. The molecule has 1 aromatic carbocycles. The number of halogens is 2. The third kappa shape index (κ3) is 3.37. The first-order chi connectivity index (χ1) is 9.55. The molecule has 106 valence electrons. The van der Waals surface area contributed by atoms with E-state index in [0.29, 0.717) is 10.0 Å². The van der Waals surface area contributed by atoms with Gasteiger partial charge in [0.05, 0.1) is 10.0 Å². The van der Waals surface area contributed by atoms with E-state index >= 15 is 0 Å². The zero-order valence-corrected chi connectivity index (χ0v) is 13.8. The predicted octanol–water partition coefficient (Wildman–Crippen LogP) is 4.85. The van der Waals surface area contributed by atoms with E-state index in [9.17, 15) is 0 Å². The molecule has 20 heavy (non-hydrogen) atoms. The average Bonchev–Trinajstić information content (AvgIpc) is 2.45.